The summed E-state index contributed by atoms with van der Waals surface area (Å²) in [5.41, 5.74) is 36.6. The fourth-order valence-corrected chi connectivity index (χ4v) is 18.0. The number of ether oxygens (including phenoxy) is 2. The number of H-pyrrole nitrogens is 2. The average molecular weight is 1470 g/mol. The number of aromatic amines is 2. The molecule has 10 heterocycles. The van der Waals surface area contributed by atoms with Crippen LogP contribution < -0.4 is 5.32 Å². The van der Waals surface area contributed by atoms with Crippen LogP contribution in [0.3, 0.4) is 0 Å². The lowest BCUT2D eigenvalue weighted by Crippen LogP contribution is -2.25. The highest BCUT2D eigenvalue weighted by molar-refractivity contribution is 6.24. The van der Waals surface area contributed by atoms with Gasteiger partial charge in [0.15, 0.2) is 0 Å². The molecule has 110 heavy (non-hydrogen) atoms. The molecule has 13 nitrogen and oxygen atoms in total. The Balaban J connectivity index is 0.976. The van der Waals surface area contributed by atoms with Crippen LogP contribution in [0.4, 0.5) is 0 Å². The Morgan fingerprint density at radius 3 is 1.65 bits per heavy atom. The van der Waals surface area contributed by atoms with Crippen LogP contribution in [0.1, 0.15) is 267 Å². The molecule has 2 aromatic carbocycles. The van der Waals surface area contributed by atoms with Gasteiger partial charge in [0.2, 0.25) is 0 Å². The lowest BCUT2D eigenvalue weighted by atomic mass is 9.84. The van der Waals surface area contributed by atoms with Crippen molar-refractivity contribution < 1.29 is 24.2 Å². The van der Waals surface area contributed by atoms with Crippen LogP contribution in [-0.2, 0) is 38.5 Å². The number of aliphatic hydroxyl groups is 1. The molecule has 0 saturated carbocycles. The van der Waals surface area contributed by atoms with Crippen molar-refractivity contribution in [1.82, 2.24) is 25.3 Å². The minimum Gasteiger partial charge on any atom is -0.510 e. The number of esters is 2. The van der Waals surface area contributed by atoms with Crippen molar-refractivity contribution in [3.8, 4) is 22.3 Å². The average Bonchev–Trinajstić information content (AvgIpc) is 1.57. The molecule has 16 bridgehead atoms. The summed E-state index contributed by atoms with van der Waals surface area (Å²) in [6.45, 7) is 35.1. The quantitative estimate of drug-likeness (QED) is 0.0259. The molecule has 0 radical (unpaired) electrons. The number of rotatable bonds is 30. The number of allylic oxidation sites excluding steroid dienone is 15. The number of nitrogens with zero attached hydrogens (tertiary/aromatic N) is 5. The third-order valence-electron chi connectivity index (χ3n) is 24.7. The second-order valence-corrected chi connectivity index (χ2v) is 31.9. The molecular weight excluding hydrogens is 1360 g/mol. The lowest BCUT2D eigenvalue weighted by molar-refractivity contribution is -0.148. The summed E-state index contributed by atoms with van der Waals surface area (Å²) in [7, 11) is 1.41. The molecule has 7 aliphatic heterocycles. The number of aromatic nitrogens is 4. The van der Waals surface area contributed by atoms with Gasteiger partial charge >= 0.3 is 11.9 Å². The third-order valence-corrected chi connectivity index (χ3v) is 24.7. The van der Waals surface area contributed by atoms with Crippen LogP contribution in [0.2, 0.25) is 0 Å². The minimum atomic E-state index is -1.23. The van der Waals surface area contributed by atoms with Crippen molar-refractivity contribution in [1.29, 1.82) is 0 Å². The molecule has 3 aromatic heterocycles. The zero-order chi connectivity index (χ0) is 77.8. The number of fused-ring (bicyclic) bond motifs is 13. The normalized spacial score (nSPS) is 18.1. The van der Waals surface area contributed by atoms with Crippen molar-refractivity contribution in [3.05, 3.63) is 221 Å². The molecule has 0 spiro atoms. The highest BCUT2D eigenvalue weighted by Gasteiger charge is 2.49. The Labute approximate surface area is 653 Å². The predicted molar refractivity (Wildman–Crippen MR) is 456 cm³/mol. The van der Waals surface area contributed by atoms with Gasteiger partial charge in [-0.2, -0.15) is 0 Å². The standard InChI is InChI=1S/C97H116N8O5/c1-17-23-27-31-35-69-59(11)90-86(65-43-39-55(7)40-44-65)91-60(12)70(36-32-28-24-18-2)81(103-91)53-83-72(38-34-30-26-20-4)62(14)93(105-83)87(92-61(13)71(37-33-29-25-19-3)82(104-92)52-80(69)102-90)66-45-41-64(42-46-66)54-110-97(108)89-88-94-73(47-48-84(106)109-16)58(10)76(100-94)49-74-56(8)67(21-5)78(98-74)50-75-57(9)68(22-6)79(99-75)51-77-63(15)85(96(89)107)95(88)101-77/h21,39-46,49-53,58,73,89,100,104-105,107H,5,17-20,22-38,47-48,54H2,1-4,6-16H3/t58-,73-,89-/m0/s1. The summed E-state index contributed by atoms with van der Waals surface area (Å²) in [5, 5.41) is 16.7. The number of hydrogen-bond donors (Lipinski definition) is 4. The van der Waals surface area contributed by atoms with E-state index in [1.807, 2.05) is 25.2 Å². The van der Waals surface area contributed by atoms with Gasteiger partial charge in [-0.25, -0.2) is 24.9 Å². The Bertz CT molecular complexity index is 5020. The zero-order valence-corrected chi connectivity index (χ0v) is 68.3. The molecule has 13 rings (SSSR count). The van der Waals surface area contributed by atoms with Gasteiger partial charge in [-0.15, -0.1) is 0 Å². The van der Waals surface area contributed by atoms with Crippen molar-refractivity contribution in [2.24, 2.45) is 32.7 Å². The Morgan fingerprint density at radius 1 is 0.582 bits per heavy atom. The van der Waals surface area contributed by atoms with Crippen LogP contribution in [-0.4, -0.2) is 61.2 Å². The van der Waals surface area contributed by atoms with E-state index in [9.17, 15) is 9.90 Å². The van der Waals surface area contributed by atoms with E-state index in [1.54, 1.807) is 0 Å². The minimum absolute atomic E-state index is 0.0634. The molecule has 1 aliphatic carbocycles. The number of nitrogens with one attached hydrogen (secondary N) is 3. The molecule has 1 saturated heterocycles. The van der Waals surface area contributed by atoms with E-state index < -0.39 is 11.9 Å². The van der Waals surface area contributed by atoms with Gasteiger partial charge in [0.25, 0.3) is 0 Å². The van der Waals surface area contributed by atoms with Crippen LogP contribution in [0, 0.1) is 38.5 Å². The number of aryl methyl sites for hydroxylation is 5. The summed E-state index contributed by atoms with van der Waals surface area (Å²) in [6, 6.07) is 22.4. The first kappa shape index (κ1) is 78.4. The third kappa shape index (κ3) is 15.3. The van der Waals surface area contributed by atoms with Crippen LogP contribution in [0.15, 0.2) is 180 Å². The van der Waals surface area contributed by atoms with Gasteiger partial charge in [0.1, 0.15) is 18.3 Å². The van der Waals surface area contributed by atoms with E-state index in [2.05, 4.69) is 179 Å². The molecule has 4 N–H and O–H groups in total. The second kappa shape index (κ2) is 34.3. The predicted octanol–water partition coefficient (Wildman–Crippen LogP) is 24.7. The van der Waals surface area contributed by atoms with Crippen molar-refractivity contribution in [3.63, 3.8) is 0 Å². The first-order valence-electron chi connectivity index (χ1n) is 41.5. The van der Waals surface area contributed by atoms with Gasteiger partial charge in [-0.1, -0.05) is 185 Å². The van der Waals surface area contributed by atoms with Crippen molar-refractivity contribution in [2.75, 3.05) is 7.11 Å². The summed E-state index contributed by atoms with van der Waals surface area (Å²) in [4.78, 5) is 64.7. The zero-order valence-electron chi connectivity index (χ0n) is 68.3. The number of benzene rings is 2. The van der Waals surface area contributed by atoms with Crippen LogP contribution in [0.25, 0.3) is 66.6 Å². The molecule has 0 unspecified atom stereocenters. The lowest BCUT2D eigenvalue weighted by Gasteiger charge is -2.21. The van der Waals surface area contributed by atoms with Crippen molar-refractivity contribution in [2.45, 2.75) is 251 Å². The van der Waals surface area contributed by atoms with E-state index in [0.29, 0.717) is 34.7 Å². The fraction of sp³-hybridized carbons (Fsp3) is 0.433. The Hall–Kier alpha value is -9.75. The van der Waals surface area contributed by atoms with E-state index in [0.717, 1.165) is 225 Å². The summed E-state index contributed by atoms with van der Waals surface area (Å²) >= 11 is 0. The van der Waals surface area contributed by atoms with Crippen molar-refractivity contribution >= 4 is 73.4 Å². The number of carbonyl (C=O) groups is 2. The summed E-state index contributed by atoms with van der Waals surface area (Å²) < 4.78 is 11.8. The first-order valence-corrected chi connectivity index (χ1v) is 41.5. The molecule has 0 amide bonds. The Kier molecular flexibility index (Phi) is 24.4. The maximum Gasteiger partial charge on any atom is 0.321 e. The van der Waals surface area contributed by atoms with E-state index in [-0.39, 0.29) is 36.6 Å². The Morgan fingerprint density at radius 2 is 1.11 bits per heavy atom. The summed E-state index contributed by atoms with van der Waals surface area (Å²) in [6.07, 6.45) is 31.2. The highest BCUT2D eigenvalue weighted by atomic mass is 16.5. The molecule has 3 atom stereocenters. The van der Waals surface area contributed by atoms with E-state index in [4.69, 9.17) is 34.4 Å². The van der Waals surface area contributed by atoms with Gasteiger partial charge in [0.05, 0.1) is 75.1 Å². The van der Waals surface area contributed by atoms with Gasteiger partial charge in [-0.3, -0.25) is 9.59 Å². The number of carbonyl (C=O) groups excluding carboxylic acids is 2. The summed E-state index contributed by atoms with van der Waals surface area (Å²) in [5.74, 6) is -2.79. The first-order chi connectivity index (χ1) is 53.2. The fourth-order valence-electron chi connectivity index (χ4n) is 18.0. The van der Waals surface area contributed by atoms with Gasteiger partial charge < -0.3 is 29.9 Å². The molecule has 5 aromatic rings. The van der Waals surface area contributed by atoms with E-state index >= 15 is 4.79 Å². The number of hydrogen-bond acceptors (Lipinski definition) is 11. The monoisotopic (exact) mass is 1470 g/mol. The van der Waals surface area contributed by atoms with Crippen LogP contribution in [0.5, 0.6) is 0 Å². The number of unbranched alkanes of at least 4 members (excludes halogenated alkanes) is 12. The maximum absolute atomic E-state index is 15.6. The van der Waals surface area contributed by atoms with Gasteiger partial charge in [-0.05, 0) is 233 Å². The largest absolute Gasteiger partial charge is 0.510 e. The van der Waals surface area contributed by atoms with Crippen LogP contribution >= 0.6 is 0 Å². The topological polar surface area (TPSA) is 179 Å². The highest BCUT2D eigenvalue weighted by Crippen LogP contribution is 2.51. The molecule has 1 fully saturated rings. The van der Waals surface area contributed by atoms with Gasteiger partial charge in [0, 0.05) is 68.5 Å². The molecule has 8 aliphatic rings. The van der Waals surface area contributed by atoms with E-state index in [1.165, 1.54) is 95.7 Å². The molecular formula is C97H116N8O5. The number of methoxy groups -OCH3 is 1. The maximum atomic E-state index is 15.6. The molecule has 13 heteroatoms. The second-order valence-electron chi connectivity index (χ2n) is 31.9. The number of aliphatic hydroxyl groups excluding tert-OH is 1. The smallest absolute Gasteiger partial charge is 0.321 e. The SMILES string of the molecule is C=CC1=C(C)C2=NC1=CC1=NC(=CC3=C(C)C4=C(O)[C@@H](C(=O)OCc5ccc(-c6c7[nH]c(cc8nc(c(-c9ccc(C)cc9)c9nc(cc%10[nH]c6c(C)c%10CCCCCC)C(CCCCCC)=C9C)C(C)=C8CCCCCC)c(CCCCCC)c7C)cc5)C(=C5NC(=C2)[C@@H](C)[C@@H]5CCC(=O)OC)C4=N3)C(CC)=C1C. The number of aliphatic imine (C=N–C) groups is 3. The molecule has 574 valence electrons.